The Morgan fingerprint density at radius 1 is 1.53 bits per heavy atom. The van der Waals surface area contributed by atoms with Crippen molar-refractivity contribution in [1.29, 1.82) is 5.26 Å². The van der Waals surface area contributed by atoms with Gasteiger partial charge in [-0.1, -0.05) is 0 Å². The monoisotopic (exact) mass is 229 g/mol. The van der Waals surface area contributed by atoms with Crippen LogP contribution in [0.3, 0.4) is 0 Å². The van der Waals surface area contributed by atoms with Crippen molar-refractivity contribution < 1.29 is 4.99 Å². The third-order valence-electron chi connectivity index (χ3n) is 3.13. The zero-order valence-electron chi connectivity index (χ0n) is 9.74. The average Bonchev–Trinajstić information content (AvgIpc) is 3.02. The predicted molar refractivity (Wildman–Crippen MR) is 66.0 cm³/mol. The van der Waals surface area contributed by atoms with E-state index in [1.165, 1.54) is 19.0 Å². The quantitative estimate of drug-likeness (QED) is 0.511. The highest BCUT2D eigenvalue weighted by Crippen LogP contribution is 2.14. The van der Waals surface area contributed by atoms with E-state index in [-0.39, 0.29) is 0 Å². The molecule has 17 heavy (non-hydrogen) atoms. The second kappa shape index (κ2) is 5.35. The summed E-state index contributed by atoms with van der Waals surface area (Å²) in [5.41, 5.74) is 7.71. The maximum absolute atomic E-state index is 9.10. The van der Waals surface area contributed by atoms with E-state index in [2.05, 4.69) is 16.0 Å². The highest BCUT2D eigenvalue weighted by Gasteiger charge is 2.23. The van der Waals surface area contributed by atoms with Gasteiger partial charge >= 0.3 is 0 Å². The lowest BCUT2D eigenvalue weighted by atomic mass is 10.1. The van der Waals surface area contributed by atoms with Gasteiger partial charge in [0, 0.05) is 25.2 Å². The molecule has 1 aromatic rings. The fourth-order valence-corrected chi connectivity index (χ4v) is 2.24. The van der Waals surface area contributed by atoms with Crippen LogP contribution in [0.25, 0.3) is 0 Å². The van der Waals surface area contributed by atoms with Crippen LogP contribution in [0.15, 0.2) is 30.1 Å². The minimum atomic E-state index is 0.455. The molecular weight excluding hydrogens is 212 g/mol. The topological polar surface area (TPSA) is 79.6 Å². The third-order valence-corrected chi connectivity index (χ3v) is 3.13. The molecule has 0 spiro atoms. The molecule has 0 saturated heterocycles. The Hall–Kier alpha value is -2.02. The van der Waals surface area contributed by atoms with E-state index >= 15 is 0 Å². The van der Waals surface area contributed by atoms with Crippen molar-refractivity contribution in [3.63, 3.8) is 0 Å². The predicted octanol–water partition coefficient (Wildman–Crippen LogP) is 0.193. The fourth-order valence-electron chi connectivity index (χ4n) is 2.24. The van der Waals surface area contributed by atoms with Crippen LogP contribution in [0.1, 0.15) is 31.4 Å². The number of allylic oxidation sites excluding steroid dienone is 1. The van der Waals surface area contributed by atoms with Gasteiger partial charge < -0.3 is 10.7 Å². The molecule has 1 heterocycles. The molecule has 1 aliphatic rings. The lowest BCUT2D eigenvalue weighted by Gasteiger charge is -2.01. The average molecular weight is 229 g/mol. The number of hydrogen-bond donors (Lipinski definition) is 3. The SMILES string of the molecule is N#CC(=CN)C(=[NH+]C1CCCC1)c1ccc[nH]1. The van der Waals surface area contributed by atoms with Crippen molar-refractivity contribution in [2.45, 2.75) is 31.7 Å². The van der Waals surface area contributed by atoms with Crippen LogP contribution in [-0.2, 0) is 0 Å². The molecule has 0 radical (unpaired) electrons. The summed E-state index contributed by atoms with van der Waals surface area (Å²) in [7, 11) is 0. The first-order valence-electron chi connectivity index (χ1n) is 5.94. The standard InChI is InChI=1S/C13H16N4/c14-8-10(9-15)13(12-6-3-7-16-12)17-11-4-1-2-5-11/h3,6-8,11,16H,1-2,4-5,14H2/p+1. The normalized spacial score (nSPS) is 18.3. The van der Waals surface area contributed by atoms with Gasteiger partial charge in [0.15, 0.2) is 6.04 Å². The first-order chi connectivity index (χ1) is 8.35. The van der Waals surface area contributed by atoms with Crippen molar-refractivity contribution in [2.75, 3.05) is 0 Å². The molecule has 0 amide bonds. The summed E-state index contributed by atoms with van der Waals surface area (Å²) in [4.78, 5) is 6.55. The molecule has 1 aliphatic carbocycles. The first kappa shape index (κ1) is 11.5. The zero-order chi connectivity index (χ0) is 12.1. The Balaban J connectivity index is 2.34. The largest absolute Gasteiger partial charge is 0.403 e. The van der Waals surface area contributed by atoms with E-state index in [1.807, 2.05) is 18.3 Å². The molecule has 0 unspecified atom stereocenters. The van der Waals surface area contributed by atoms with E-state index in [4.69, 9.17) is 11.0 Å². The number of rotatable bonds is 3. The summed E-state index contributed by atoms with van der Waals surface area (Å²) < 4.78 is 0. The van der Waals surface area contributed by atoms with Gasteiger partial charge in [-0.25, -0.2) is 4.99 Å². The Labute approximate surface area is 101 Å². The van der Waals surface area contributed by atoms with Crippen molar-refractivity contribution in [1.82, 2.24) is 4.98 Å². The molecular formula is C13H17N4+. The Morgan fingerprint density at radius 3 is 2.82 bits per heavy atom. The molecule has 1 saturated carbocycles. The fraction of sp³-hybridized carbons (Fsp3) is 0.385. The molecule has 0 bridgehead atoms. The van der Waals surface area contributed by atoms with Gasteiger partial charge in [-0.2, -0.15) is 5.26 Å². The summed E-state index contributed by atoms with van der Waals surface area (Å²) in [5, 5.41) is 9.10. The molecule has 0 aliphatic heterocycles. The number of nitrogens with one attached hydrogen (secondary N) is 2. The molecule has 4 nitrogen and oxygen atoms in total. The number of nitrogens with two attached hydrogens (primary N) is 1. The minimum absolute atomic E-state index is 0.455. The zero-order valence-corrected chi connectivity index (χ0v) is 9.74. The van der Waals surface area contributed by atoms with Crippen molar-refractivity contribution >= 4 is 5.71 Å². The summed E-state index contributed by atoms with van der Waals surface area (Å²) in [6.45, 7) is 0. The van der Waals surface area contributed by atoms with Crippen LogP contribution in [0, 0.1) is 11.3 Å². The van der Waals surface area contributed by atoms with Gasteiger partial charge in [-0.3, -0.25) is 0 Å². The third kappa shape index (κ3) is 2.56. The summed E-state index contributed by atoms with van der Waals surface area (Å²) in [6.07, 6.45) is 8.03. The van der Waals surface area contributed by atoms with Gasteiger partial charge in [-0.15, -0.1) is 0 Å². The van der Waals surface area contributed by atoms with Gasteiger partial charge in [-0.05, 0) is 25.0 Å². The number of aromatic amines is 1. The van der Waals surface area contributed by atoms with E-state index in [0.717, 1.165) is 24.2 Å². The Bertz CT molecular complexity index is 456. The number of hydrogen-bond acceptors (Lipinski definition) is 2. The number of nitriles is 1. The maximum atomic E-state index is 9.10. The molecule has 1 aromatic heterocycles. The highest BCUT2D eigenvalue weighted by atomic mass is 14.8. The van der Waals surface area contributed by atoms with Crippen LogP contribution in [-0.4, -0.2) is 16.7 Å². The summed E-state index contributed by atoms with van der Waals surface area (Å²) in [5.74, 6) is 0. The van der Waals surface area contributed by atoms with E-state index in [9.17, 15) is 0 Å². The Kier molecular flexibility index (Phi) is 3.61. The molecule has 0 aromatic carbocycles. The molecule has 4 N–H and O–H groups in total. The molecule has 88 valence electrons. The lowest BCUT2D eigenvalue weighted by Crippen LogP contribution is -2.79. The number of aromatic nitrogens is 1. The van der Waals surface area contributed by atoms with Crippen LogP contribution >= 0.6 is 0 Å². The van der Waals surface area contributed by atoms with E-state index < -0.39 is 0 Å². The molecule has 1 fully saturated rings. The highest BCUT2D eigenvalue weighted by molar-refractivity contribution is 6.10. The van der Waals surface area contributed by atoms with Gasteiger partial charge in [0.2, 0.25) is 5.71 Å². The lowest BCUT2D eigenvalue weighted by molar-refractivity contribution is -0.500. The van der Waals surface area contributed by atoms with Crippen molar-refractivity contribution in [2.24, 2.45) is 5.73 Å². The van der Waals surface area contributed by atoms with Crippen LogP contribution in [0.4, 0.5) is 0 Å². The van der Waals surface area contributed by atoms with Crippen LogP contribution in [0.5, 0.6) is 0 Å². The van der Waals surface area contributed by atoms with Gasteiger partial charge in [0.1, 0.15) is 17.3 Å². The summed E-state index contributed by atoms with van der Waals surface area (Å²) >= 11 is 0. The van der Waals surface area contributed by atoms with Gasteiger partial charge in [0.05, 0.1) is 0 Å². The van der Waals surface area contributed by atoms with Crippen LogP contribution in [0.2, 0.25) is 0 Å². The first-order valence-corrected chi connectivity index (χ1v) is 5.94. The second-order valence-electron chi connectivity index (χ2n) is 4.28. The molecule has 4 heteroatoms. The smallest absolute Gasteiger partial charge is 0.241 e. The number of nitrogens with zero attached hydrogens (tertiary/aromatic N) is 1. The minimum Gasteiger partial charge on any atom is -0.403 e. The van der Waals surface area contributed by atoms with Crippen molar-refractivity contribution in [3.8, 4) is 6.07 Å². The summed E-state index contributed by atoms with van der Waals surface area (Å²) in [6, 6.07) is 6.44. The second-order valence-corrected chi connectivity index (χ2v) is 4.28. The van der Waals surface area contributed by atoms with Gasteiger partial charge in [0.25, 0.3) is 0 Å². The maximum Gasteiger partial charge on any atom is 0.241 e. The van der Waals surface area contributed by atoms with E-state index in [0.29, 0.717) is 11.6 Å². The van der Waals surface area contributed by atoms with Crippen LogP contribution < -0.4 is 10.7 Å². The number of H-pyrrole nitrogens is 1. The molecule has 2 rings (SSSR count). The van der Waals surface area contributed by atoms with E-state index in [1.54, 1.807) is 0 Å². The molecule has 0 atom stereocenters. The van der Waals surface area contributed by atoms with Crippen molar-refractivity contribution in [3.05, 3.63) is 35.8 Å². The Morgan fingerprint density at radius 2 is 2.29 bits per heavy atom.